The number of benzene rings is 2. The summed E-state index contributed by atoms with van der Waals surface area (Å²) in [6, 6.07) is 14.5. The number of halogens is 2. The molecule has 0 bridgehead atoms. The fourth-order valence-corrected chi connectivity index (χ4v) is 2.57. The number of aliphatic hydroxyl groups excluding tert-OH is 1. The summed E-state index contributed by atoms with van der Waals surface area (Å²) >= 11 is 12.1. The number of rotatable bonds is 2. The molecule has 0 aliphatic carbocycles. The minimum atomic E-state index is -0.814. The molecule has 0 spiro atoms. The van der Waals surface area contributed by atoms with E-state index in [4.69, 9.17) is 23.2 Å². The second kappa shape index (κ2) is 5.41. The van der Waals surface area contributed by atoms with Gasteiger partial charge in [0.2, 0.25) is 0 Å². The summed E-state index contributed by atoms with van der Waals surface area (Å²) in [7, 11) is 0. The third-order valence-corrected chi connectivity index (χ3v) is 3.77. The first-order valence-corrected chi connectivity index (χ1v) is 6.88. The van der Waals surface area contributed by atoms with Gasteiger partial charge in [-0.1, -0.05) is 35.3 Å². The van der Waals surface area contributed by atoms with Crippen molar-refractivity contribution >= 4 is 34.1 Å². The molecule has 1 N–H and O–H groups in total. The molecule has 1 atom stereocenters. The molecule has 2 aromatic carbocycles. The Morgan fingerprint density at radius 3 is 2.70 bits per heavy atom. The van der Waals surface area contributed by atoms with Crippen LogP contribution in [0.1, 0.15) is 17.2 Å². The molecule has 0 aliphatic heterocycles. The lowest BCUT2D eigenvalue weighted by Gasteiger charge is -2.14. The lowest BCUT2D eigenvalue weighted by molar-refractivity contribution is 0.220. The normalized spacial score (nSPS) is 12.6. The SMILES string of the molecule is OC(c1ccc2ncccc2c1)c1cc(Cl)ccc1Cl. The summed E-state index contributed by atoms with van der Waals surface area (Å²) in [6.45, 7) is 0. The van der Waals surface area contributed by atoms with Crippen LogP contribution in [-0.2, 0) is 0 Å². The van der Waals surface area contributed by atoms with Crippen LogP contribution in [-0.4, -0.2) is 10.1 Å². The Bertz CT molecular complexity index is 773. The number of aromatic nitrogens is 1. The molecule has 20 heavy (non-hydrogen) atoms. The maximum atomic E-state index is 10.5. The van der Waals surface area contributed by atoms with Crippen LogP contribution >= 0.6 is 23.2 Å². The van der Waals surface area contributed by atoms with Crippen molar-refractivity contribution < 1.29 is 5.11 Å². The van der Waals surface area contributed by atoms with Crippen LogP contribution in [0.3, 0.4) is 0 Å². The van der Waals surface area contributed by atoms with Gasteiger partial charge in [-0.25, -0.2) is 0 Å². The van der Waals surface area contributed by atoms with E-state index in [1.54, 1.807) is 24.4 Å². The van der Waals surface area contributed by atoms with Crippen molar-refractivity contribution in [3.63, 3.8) is 0 Å². The summed E-state index contributed by atoms with van der Waals surface area (Å²) < 4.78 is 0. The largest absolute Gasteiger partial charge is 0.384 e. The van der Waals surface area contributed by atoms with Gasteiger partial charge in [-0.05, 0) is 42.0 Å². The zero-order valence-electron chi connectivity index (χ0n) is 10.4. The van der Waals surface area contributed by atoms with Gasteiger partial charge in [-0.15, -0.1) is 0 Å². The second-order valence-corrected chi connectivity index (χ2v) is 5.37. The molecule has 0 aliphatic rings. The zero-order chi connectivity index (χ0) is 14.1. The zero-order valence-corrected chi connectivity index (χ0v) is 11.9. The van der Waals surface area contributed by atoms with Crippen LogP contribution in [0.4, 0.5) is 0 Å². The van der Waals surface area contributed by atoms with E-state index in [9.17, 15) is 5.11 Å². The summed E-state index contributed by atoms with van der Waals surface area (Å²) in [5.41, 5.74) is 2.25. The lowest BCUT2D eigenvalue weighted by atomic mass is 10.00. The van der Waals surface area contributed by atoms with Gasteiger partial charge in [0.25, 0.3) is 0 Å². The summed E-state index contributed by atoms with van der Waals surface area (Å²) in [4.78, 5) is 4.26. The number of pyridine rings is 1. The molecule has 0 saturated carbocycles. The molecule has 0 fully saturated rings. The topological polar surface area (TPSA) is 33.1 Å². The number of nitrogens with zero attached hydrogens (tertiary/aromatic N) is 1. The van der Waals surface area contributed by atoms with Crippen LogP contribution in [0.25, 0.3) is 10.9 Å². The van der Waals surface area contributed by atoms with Crippen molar-refractivity contribution in [2.45, 2.75) is 6.10 Å². The smallest absolute Gasteiger partial charge is 0.106 e. The fourth-order valence-electron chi connectivity index (χ4n) is 2.17. The average molecular weight is 304 g/mol. The Kier molecular flexibility index (Phi) is 3.62. The molecule has 3 rings (SSSR count). The molecule has 3 aromatic rings. The van der Waals surface area contributed by atoms with Crippen LogP contribution in [0.15, 0.2) is 54.7 Å². The van der Waals surface area contributed by atoms with E-state index >= 15 is 0 Å². The summed E-state index contributed by atoms with van der Waals surface area (Å²) in [5.74, 6) is 0. The van der Waals surface area contributed by atoms with Gasteiger partial charge in [-0.2, -0.15) is 0 Å². The Hall–Kier alpha value is -1.61. The van der Waals surface area contributed by atoms with Crippen LogP contribution in [0.2, 0.25) is 10.0 Å². The molecular formula is C16H11Cl2NO. The summed E-state index contributed by atoms with van der Waals surface area (Å²) in [5, 5.41) is 12.5. The van der Waals surface area contributed by atoms with Crippen molar-refractivity contribution in [3.05, 3.63) is 75.9 Å². The van der Waals surface area contributed by atoms with E-state index < -0.39 is 6.10 Å². The molecule has 100 valence electrons. The van der Waals surface area contributed by atoms with Gasteiger partial charge in [0.05, 0.1) is 5.52 Å². The molecular weight excluding hydrogens is 293 g/mol. The second-order valence-electron chi connectivity index (χ2n) is 4.52. The van der Waals surface area contributed by atoms with Crippen molar-refractivity contribution in [1.29, 1.82) is 0 Å². The highest BCUT2D eigenvalue weighted by Crippen LogP contribution is 2.31. The first kappa shape index (κ1) is 13.4. The van der Waals surface area contributed by atoms with Crippen molar-refractivity contribution in [2.24, 2.45) is 0 Å². The van der Waals surface area contributed by atoms with Gasteiger partial charge in [0, 0.05) is 27.2 Å². The van der Waals surface area contributed by atoms with Crippen LogP contribution in [0.5, 0.6) is 0 Å². The Morgan fingerprint density at radius 2 is 1.85 bits per heavy atom. The Morgan fingerprint density at radius 1 is 1.00 bits per heavy atom. The van der Waals surface area contributed by atoms with Crippen LogP contribution < -0.4 is 0 Å². The van der Waals surface area contributed by atoms with E-state index in [1.807, 2.05) is 30.3 Å². The predicted octanol–water partition coefficient (Wildman–Crippen LogP) is 4.62. The highest BCUT2D eigenvalue weighted by molar-refractivity contribution is 6.33. The quantitative estimate of drug-likeness (QED) is 0.749. The molecule has 1 unspecified atom stereocenters. The molecule has 0 amide bonds. The number of hydrogen-bond donors (Lipinski definition) is 1. The minimum Gasteiger partial charge on any atom is -0.384 e. The number of fused-ring (bicyclic) bond motifs is 1. The standard InChI is InChI=1S/C16H11Cl2NO/c17-12-4-5-14(18)13(9-12)16(20)11-3-6-15-10(8-11)2-1-7-19-15/h1-9,16,20H. The average Bonchev–Trinajstić information content (AvgIpc) is 2.48. The van der Waals surface area contributed by atoms with Gasteiger partial charge < -0.3 is 5.11 Å². The van der Waals surface area contributed by atoms with Gasteiger partial charge in [0.1, 0.15) is 6.10 Å². The third kappa shape index (κ3) is 2.50. The number of aliphatic hydroxyl groups is 1. The van der Waals surface area contributed by atoms with Gasteiger partial charge >= 0.3 is 0 Å². The molecule has 0 radical (unpaired) electrons. The highest BCUT2D eigenvalue weighted by atomic mass is 35.5. The molecule has 1 aromatic heterocycles. The van der Waals surface area contributed by atoms with Gasteiger partial charge in [-0.3, -0.25) is 4.98 Å². The van der Waals surface area contributed by atoms with E-state index in [1.165, 1.54) is 0 Å². The third-order valence-electron chi connectivity index (χ3n) is 3.20. The molecule has 0 saturated heterocycles. The highest BCUT2D eigenvalue weighted by Gasteiger charge is 2.15. The summed E-state index contributed by atoms with van der Waals surface area (Å²) in [6.07, 6.45) is 0.928. The first-order valence-electron chi connectivity index (χ1n) is 6.13. The Labute approximate surface area is 126 Å². The maximum Gasteiger partial charge on any atom is 0.106 e. The van der Waals surface area contributed by atoms with Crippen LogP contribution in [0, 0.1) is 0 Å². The minimum absolute atomic E-state index is 0.494. The van der Waals surface area contributed by atoms with E-state index in [2.05, 4.69) is 4.98 Å². The van der Waals surface area contributed by atoms with E-state index in [0.717, 1.165) is 16.5 Å². The first-order chi connectivity index (χ1) is 9.65. The monoisotopic (exact) mass is 303 g/mol. The van der Waals surface area contributed by atoms with Crippen molar-refractivity contribution in [3.8, 4) is 0 Å². The Balaban J connectivity index is 2.07. The number of hydrogen-bond acceptors (Lipinski definition) is 2. The van der Waals surface area contributed by atoms with Crippen molar-refractivity contribution in [2.75, 3.05) is 0 Å². The van der Waals surface area contributed by atoms with Gasteiger partial charge in [0.15, 0.2) is 0 Å². The maximum absolute atomic E-state index is 10.5. The van der Waals surface area contributed by atoms with E-state index in [0.29, 0.717) is 15.6 Å². The fraction of sp³-hybridized carbons (Fsp3) is 0.0625. The molecule has 2 nitrogen and oxygen atoms in total. The predicted molar refractivity (Wildman–Crippen MR) is 82.3 cm³/mol. The molecule has 4 heteroatoms. The van der Waals surface area contributed by atoms with Crippen molar-refractivity contribution in [1.82, 2.24) is 4.98 Å². The lowest BCUT2D eigenvalue weighted by Crippen LogP contribution is -2.00. The molecule has 1 heterocycles. The van der Waals surface area contributed by atoms with E-state index in [-0.39, 0.29) is 0 Å².